The minimum atomic E-state index is -0.955. The van der Waals surface area contributed by atoms with E-state index in [1.165, 1.54) is 22.8 Å². The van der Waals surface area contributed by atoms with Gasteiger partial charge in [-0.1, -0.05) is 11.8 Å². The van der Waals surface area contributed by atoms with Crippen LogP contribution in [0.3, 0.4) is 0 Å². The standard InChI is InChI=1S/C8H6O3S/c9-3-1-2-7-4-6(5-12-7)8(10)11/h4-5,9H,3H2,(H,10,11). The van der Waals surface area contributed by atoms with Gasteiger partial charge >= 0.3 is 5.97 Å². The lowest BCUT2D eigenvalue weighted by atomic mass is 10.3. The maximum absolute atomic E-state index is 10.4. The van der Waals surface area contributed by atoms with Gasteiger partial charge in [-0.3, -0.25) is 0 Å². The van der Waals surface area contributed by atoms with E-state index in [0.717, 1.165) is 0 Å². The van der Waals surface area contributed by atoms with Crippen molar-refractivity contribution in [1.29, 1.82) is 0 Å². The molecule has 0 aliphatic carbocycles. The van der Waals surface area contributed by atoms with Crippen molar-refractivity contribution >= 4 is 17.3 Å². The van der Waals surface area contributed by atoms with E-state index < -0.39 is 5.97 Å². The Kier molecular flexibility index (Phi) is 2.86. The van der Waals surface area contributed by atoms with Crippen LogP contribution in [0.15, 0.2) is 11.4 Å². The summed E-state index contributed by atoms with van der Waals surface area (Å²) in [5.41, 5.74) is 0.238. The van der Waals surface area contributed by atoms with Crippen LogP contribution in [0.1, 0.15) is 15.2 Å². The summed E-state index contributed by atoms with van der Waals surface area (Å²) in [4.78, 5) is 11.1. The van der Waals surface area contributed by atoms with Gasteiger partial charge in [0.05, 0.1) is 10.4 Å². The van der Waals surface area contributed by atoms with Gasteiger partial charge in [0.15, 0.2) is 0 Å². The highest BCUT2D eigenvalue weighted by atomic mass is 32.1. The molecule has 0 spiro atoms. The lowest BCUT2D eigenvalue weighted by molar-refractivity contribution is 0.0697. The summed E-state index contributed by atoms with van der Waals surface area (Å²) in [7, 11) is 0. The zero-order valence-corrected chi connectivity index (χ0v) is 6.89. The van der Waals surface area contributed by atoms with Gasteiger partial charge in [-0.2, -0.15) is 0 Å². The zero-order chi connectivity index (χ0) is 8.97. The minimum absolute atomic E-state index is 0.208. The van der Waals surface area contributed by atoms with Crippen LogP contribution in [0, 0.1) is 11.8 Å². The summed E-state index contributed by atoms with van der Waals surface area (Å²) in [5.74, 6) is 4.11. The fourth-order valence-electron chi connectivity index (χ4n) is 0.641. The van der Waals surface area contributed by atoms with Crippen molar-refractivity contribution in [1.82, 2.24) is 0 Å². The van der Waals surface area contributed by atoms with E-state index in [4.69, 9.17) is 10.2 Å². The quantitative estimate of drug-likeness (QED) is 0.631. The van der Waals surface area contributed by atoms with Crippen molar-refractivity contribution in [3.05, 3.63) is 21.9 Å². The van der Waals surface area contributed by atoms with Gasteiger partial charge in [-0.15, -0.1) is 11.3 Å². The largest absolute Gasteiger partial charge is 0.478 e. The summed E-state index contributed by atoms with van der Waals surface area (Å²) in [6.45, 7) is -0.208. The van der Waals surface area contributed by atoms with E-state index in [-0.39, 0.29) is 12.2 Å². The Morgan fingerprint density at radius 1 is 1.67 bits per heavy atom. The van der Waals surface area contributed by atoms with Crippen molar-refractivity contribution in [2.45, 2.75) is 0 Å². The van der Waals surface area contributed by atoms with Gasteiger partial charge in [-0.25, -0.2) is 4.79 Å². The lowest BCUT2D eigenvalue weighted by Crippen LogP contribution is -1.91. The molecular weight excluding hydrogens is 176 g/mol. The highest BCUT2D eigenvalue weighted by Gasteiger charge is 2.03. The van der Waals surface area contributed by atoms with Crippen LogP contribution in [-0.4, -0.2) is 22.8 Å². The number of rotatable bonds is 1. The normalized spacial score (nSPS) is 8.75. The van der Waals surface area contributed by atoms with Crippen molar-refractivity contribution < 1.29 is 15.0 Å². The Balaban J connectivity index is 2.84. The van der Waals surface area contributed by atoms with Crippen molar-refractivity contribution in [3.8, 4) is 11.8 Å². The molecule has 0 radical (unpaired) electrons. The molecule has 1 rings (SSSR count). The van der Waals surface area contributed by atoms with Crippen LogP contribution >= 0.6 is 11.3 Å². The Labute approximate surface area is 73.3 Å². The molecule has 0 aliphatic heterocycles. The molecule has 0 bridgehead atoms. The van der Waals surface area contributed by atoms with E-state index in [2.05, 4.69) is 11.8 Å². The average Bonchev–Trinajstić information content (AvgIpc) is 2.48. The Morgan fingerprint density at radius 3 is 2.92 bits per heavy atom. The molecule has 1 heterocycles. The van der Waals surface area contributed by atoms with Crippen LogP contribution in [0.2, 0.25) is 0 Å². The molecule has 0 aliphatic rings. The third-order valence-corrected chi connectivity index (χ3v) is 1.98. The molecule has 0 amide bonds. The van der Waals surface area contributed by atoms with Crippen LogP contribution in [-0.2, 0) is 0 Å². The van der Waals surface area contributed by atoms with Crippen molar-refractivity contribution in [2.75, 3.05) is 6.61 Å². The number of hydrogen-bond donors (Lipinski definition) is 2. The number of carboxylic acids is 1. The number of carboxylic acid groups (broad SMARTS) is 1. The van der Waals surface area contributed by atoms with Crippen LogP contribution < -0.4 is 0 Å². The molecule has 2 N–H and O–H groups in total. The molecule has 0 fully saturated rings. The van der Waals surface area contributed by atoms with E-state index in [9.17, 15) is 4.79 Å². The smallest absolute Gasteiger partial charge is 0.336 e. The molecule has 0 atom stereocenters. The second-order valence-electron chi connectivity index (χ2n) is 1.96. The fourth-order valence-corrected chi connectivity index (χ4v) is 1.39. The SMILES string of the molecule is O=C(O)c1csc(C#CCO)c1. The number of hydrogen-bond acceptors (Lipinski definition) is 3. The van der Waals surface area contributed by atoms with E-state index in [0.29, 0.717) is 4.88 Å². The molecule has 12 heavy (non-hydrogen) atoms. The maximum atomic E-state index is 10.4. The molecule has 1 aromatic heterocycles. The fraction of sp³-hybridized carbons (Fsp3) is 0.125. The summed E-state index contributed by atoms with van der Waals surface area (Å²) >= 11 is 1.25. The molecule has 0 saturated carbocycles. The van der Waals surface area contributed by atoms with Gasteiger partial charge < -0.3 is 10.2 Å². The number of thiophene rings is 1. The molecule has 3 nitrogen and oxygen atoms in total. The molecule has 0 aromatic carbocycles. The first kappa shape index (κ1) is 8.78. The third kappa shape index (κ3) is 2.09. The number of aliphatic hydroxyl groups is 1. The monoisotopic (exact) mass is 182 g/mol. The Bertz CT molecular complexity index is 343. The first-order valence-electron chi connectivity index (χ1n) is 3.15. The van der Waals surface area contributed by atoms with Crippen molar-refractivity contribution in [3.63, 3.8) is 0 Å². The molecule has 0 saturated heterocycles. The second-order valence-corrected chi connectivity index (χ2v) is 2.88. The van der Waals surface area contributed by atoms with Gasteiger partial charge in [0, 0.05) is 5.38 Å². The first-order valence-corrected chi connectivity index (χ1v) is 4.03. The summed E-state index contributed by atoms with van der Waals surface area (Å²) in [5, 5.41) is 18.4. The van der Waals surface area contributed by atoms with Crippen molar-refractivity contribution in [2.24, 2.45) is 0 Å². The highest BCUT2D eigenvalue weighted by Crippen LogP contribution is 2.12. The lowest BCUT2D eigenvalue weighted by Gasteiger charge is -1.80. The number of aliphatic hydroxyl groups excluding tert-OH is 1. The Morgan fingerprint density at radius 2 is 2.42 bits per heavy atom. The maximum Gasteiger partial charge on any atom is 0.336 e. The molecule has 62 valence electrons. The zero-order valence-electron chi connectivity index (χ0n) is 6.07. The van der Waals surface area contributed by atoms with Gasteiger partial charge in [0.1, 0.15) is 6.61 Å². The predicted molar refractivity (Wildman–Crippen MR) is 45.2 cm³/mol. The topological polar surface area (TPSA) is 57.5 Å². The van der Waals surface area contributed by atoms with Crippen LogP contribution in [0.25, 0.3) is 0 Å². The van der Waals surface area contributed by atoms with Gasteiger partial charge in [0.25, 0.3) is 0 Å². The first-order chi connectivity index (χ1) is 5.74. The second kappa shape index (κ2) is 3.90. The minimum Gasteiger partial charge on any atom is -0.478 e. The highest BCUT2D eigenvalue weighted by molar-refractivity contribution is 7.10. The molecule has 0 unspecified atom stereocenters. The van der Waals surface area contributed by atoms with Gasteiger partial charge in [0.2, 0.25) is 0 Å². The van der Waals surface area contributed by atoms with Gasteiger partial charge in [-0.05, 0) is 6.07 Å². The predicted octanol–water partition coefficient (Wildman–Crippen LogP) is 0.790. The van der Waals surface area contributed by atoms with Crippen LogP contribution in [0.4, 0.5) is 0 Å². The van der Waals surface area contributed by atoms with Crippen LogP contribution in [0.5, 0.6) is 0 Å². The third-order valence-electron chi connectivity index (χ3n) is 1.14. The van der Waals surface area contributed by atoms with E-state index in [1.54, 1.807) is 0 Å². The van der Waals surface area contributed by atoms with E-state index >= 15 is 0 Å². The number of aromatic carboxylic acids is 1. The average molecular weight is 182 g/mol. The summed E-state index contributed by atoms with van der Waals surface area (Å²) in [6.07, 6.45) is 0. The summed E-state index contributed by atoms with van der Waals surface area (Å²) < 4.78 is 0. The molecular formula is C8H6O3S. The Hall–Kier alpha value is -1.31. The molecule has 4 heteroatoms. The number of carbonyl (C=O) groups is 1. The van der Waals surface area contributed by atoms with E-state index in [1.807, 2.05) is 0 Å². The summed E-state index contributed by atoms with van der Waals surface area (Å²) in [6, 6.07) is 1.48. The molecule has 1 aromatic rings.